The van der Waals surface area contributed by atoms with Crippen LogP contribution in [-0.4, -0.2) is 50.6 Å². The Kier molecular flexibility index (Phi) is 5.67. The molecule has 0 saturated carbocycles. The first-order chi connectivity index (χ1) is 14.2. The molecule has 0 radical (unpaired) electrons. The molecule has 0 amide bonds. The van der Waals surface area contributed by atoms with Crippen LogP contribution in [0.5, 0.6) is 11.5 Å². The highest BCUT2D eigenvalue weighted by molar-refractivity contribution is 5.54. The zero-order valence-corrected chi connectivity index (χ0v) is 17.1. The fourth-order valence-electron chi connectivity index (χ4n) is 3.71. The Labute approximate surface area is 170 Å². The predicted octanol–water partition coefficient (Wildman–Crippen LogP) is 2.22. The van der Waals surface area contributed by atoms with E-state index in [0.29, 0.717) is 11.8 Å². The van der Waals surface area contributed by atoms with E-state index in [4.69, 9.17) is 13.9 Å². The molecule has 7 nitrogen and oxygen atoms in total. The van der Waals surface area contributed by atoms with Crippen molar-refractivity contribution >= 4 is 5.69 Å². The molecule has 0 bridgehead atoms. The summed E-state index contributed by atoms with van der Waals surface area (Å²) in [6.07, 6.45) is 0. The number of hydrogen-bond donors (Lipinski definition) is 1. The maximum absolute atomic E-state index is 5.98. The Morgan fingerprint density at radius 3 is 2.07 bits per heavy atom. The molecule has 1 aliphatic rings. The lowest BCUT2D eigenvalue weighted by atomic mass is 10.2. The maximum Gasteiger partial charge on any atom is 0.274 e. The Morgan fingerprint density at radius 1 is 0.897 bits per heavy atom. The van der Waals surface area contributed by atoms with Gasteiger partial charge in [0.05, 0.1) is 40.4 Å². The van der Waals surface area contributed by atoms with Crippen molar-refractivity contribution in [1.82, 2.24) is 10.2 Å². The summed E-state index contributed by atoms with van der Waals surface area (Å²) in [6, 6.07) is 16.1. The van der Waals surface area contributed by atoms with E-state index < -0.39 is 0 Å². The molecule has 152 valence electrons. The summed E-state index contributed by atoms with van der Waals surface area (Å²) in [5.41, 5.74) is 2.13. The van der Waals surface area contributed by atoms with Crippen LogP contribution in [0.2, 0.25) is 0 Å². The van der Waals surface area contributed by atoms with Crippen molar-refractivity contribution in [2.24, 2.45) is 0 Å². The van der Waals surface area contributed by atoms with Crippen LogP contribution in [0, 0.1) is 0 Å². The Bertz CT molecular complexity index is 916. The summed E-state index contributed by atoms with van der Waals surface area (Å²) in [5.74, 6) is 2.92. The zero-order chi connectivity index (χ0) is 20.2. The van der Waals surface area contributed by atoms with Gasteiger partial charge in [0, 0.05) is 11.3 Å². The summed E-state index contributed by atoms with van der Waals surface area (Å²) >= 11 is 0. The Balaban J connectivity index is 1.38. The molecule has 2 heterocycles. The minimum absolute atomic E-state index is 0.160. The molecule has 1 atom stereocenters. The number of benzene rings is 2. The average molecular weight is 395 g/mol. The van der Waals surface area contributed by atoms with Crippen LogP contribution in [0.3, 0.4) is 0 Å². The maximum atomic E-state index is 5.98. The third-order valence-electron chi connectivity index (χ3n) is 5.60. The lowest BCUT2D eigenvalue weighted by Gasteiger charge is -2.35. The lowest BCUT2D eigenvalue weighted by Crippen LogP contribution is -3.14. The van der Waals surface area contributed by atoms with E-state index in [0.717, 1.165) is 43.2 Å². The number of nitrogens with one attached hydrogen (secondary N) is 1. The predicted molar refractivity (Wildman–Crippen MR) is 111 cm³/mol. The summed E-state index contributed by atoms with van der Waals surface area (Å²) in [6.45, 7) is 6.18. The van der Waals surface area contributed by atoms with Crippen molar-refractivity contribution in [3.8, 4) is 23.0 Å². The second-order valence-electron chi connectivity index (χ2n) is 7.24. The summed E-state index contributed by atoms with van der Waals surface area (Å²) < 4.78 is 16.4. The van der Waals surface area contributed by atoms with Gasteiger partial charge in [-0.15, -0.1) is 10.2 Å². The molecule has 1 aromatic heterocycles. The molecule has 0 spiro atoms. The van der Waals surface area contributed by atoms with Crippen LogP contribution in [-0.2, 0) is 0 Å². The number of hydrogen-bond acceptors (Lipinski definition) is 6. The van der Waals surface area contributed by atoms with Crippen molar-refractivity contribution in [3.63, 3.8) is 0 Å². The van der Waals surface area contributed by atoms with E-state index in [1.807, 2.05) is 36.4 Å². The van der Waals surface area contributed by atoms with Gasteiger partial charge in [-0.05, 0) is 55.5 Å². The second kappa shape index (κ2) is 8.53. The normalized spacial score (nSPS) is 15.9. The largest absolute Gasteiger partial charge is 0.497 e. The van der Waals surface area contributed by atoms with Crippen LogP contribution >= 0.6 is 0 Å². The molecule has 1 fully saturated rings. The van der Waals surface area contributed by atoms with Crippen molar-refractivity contribution in [2.45, 2.75) is 13.0 Å². The number of ether oxygens (including phenoxy) is 2. The second-order valence-corrected chi connectivity index (χ2v) is 7.24. The standard InChI is InChI=1S/C22H26N4O3/c1-16(21-23-24-22(29-21)17-4-8-19(27-2)9-5-17)25-12-14-26(15-13-25)18-6-10-20(28-3)11-7-18/h4-11,16H,12-15H2,1-3H3/p+1/t16-/m0/s1. The van der Waals surface area contributed by atoms with Gasteiger partial charge in [-0.2, -0.15) is 0 Å². The van der Waals surface area contributed by atoms with E-state index in [1.54, 1.807) is 14.2 Å². The number of anilines is 1. The van der Waals surface area contributed by atoms with E-state index in [9.17, 15) is 0 Å². The minimum atomic E-state index is 0.160. The molecular formula is C22H27N4O3+. The van der Waals surface area contributed by atoms with Crippen molar-refractivity contribution in [3.05, 3.63) is 54.4 Å². The monoisotopic (exact) mass is 395 g/mol. The van der Waals surface area contributed by atoms with Crippen LogP contribution in [0.1, 0.15) is 18.9 Å². The molecule has 2 aromatic carbocycles. The molecule has 0 unspecified atom stereocenters. The number of aromatic nitrogens is 2. The van der Waals surface area contributed by atoms with Gasteiger partial charge in [-0.1, -0.05) is 0 Å². The van der Waals surface area contributed by atoms with Crippen LogP contribution < -0.4 is 19.3 Å². The first kappa shape index (κ1) is 19.3. The van der Waals surface area contributed by atoms with E-state index in [-0.39, 0.29) is 6.04 Å². The van der Waals surface area contributed by atoms with Gasteiger partial charge in [-0.3, -0.25) is 0 Å². The number of quaternary nitrogens is 1. The third kappa shape index (κ3) is 4.19. The van der Waals surface area contributed by atoms with Gasteiger partial charge in [-0.25, -0.2) is 0 Å². The fourth-order valence-corrected chi connectivity index (χ4v) is 3.71. The number of rotatable bonds is 6. The summed E-state index contributed by atoms with van der Waals surface area (Å²) in [5, 5.41) is 8.55. The Morgan fingerprint density at radius 2 is 1.48 bits per heavy atom. The molecule has 7 heteroatoms. The number of methoxy groups -OCH3 is 2. The van der Waals surface area contributed by atoms with E-state index in [1.165, 1.54) is 10.6 Å². The first-order valence-electron chi connectivity index (χ1n) is 9.89. The van der Waals surface area contributed by atoms with Crippen molar-refractivity contribution in [2.75, 3.05) is 45.3 Å². The van der Waals surface area contributed by atoms with Gasteiger partial charge in [0.2, 0.25) is 5.89 Å². The highest BCUT2D eigenvalue weighted by atomic mass is 16.5. The highest BCUT2D eigenvalue weighted by Crippen LogP contribution is 2.23. The SMILES string of the molecule is COc1ccc(-c2nnc([C@H](C)[NH+]3CCN(c4ccc(OC)cc4)CC3)o2)cc1. The van der Waals surface area contributed by atoms with Crippen LogP contribution in [0.25, 0.3) is 11.5 Å². The summed E-state index contributed by atoms with van der Waals surface area (Å²) in [4.78, 5) is 3.87. The lowest BCUT2D eigenvalue weighted by molar-refractivity contribution is -0.931. The van der Waals surface area contributed by atoms with Crippen LogP contribution in [0.15, 0.2) is 52.9 Å². The number of nitrogens with zero attached hydrogens (tertiary/aromatic N) is 3. The third-order valence-corrected chi connectivity index (χ3v) is 5.60. The molecule has 29 heavy (non-hydrogen) atoms. The smallest absolute Gasteiger partial charge is 0.274 e. The van der Waals surface area contributed by atoms with Gasteiger partial charge in [0.15, 0.2) is 6.04 Å². The topological polar surface area (TPSA) is 65.1 Å². The fraction of sp³-hybridized carbons (Fsp3) is 0.364. The highest BCUT2D eigenvalue weighted by Gasteiger charge is 2.29. The molecule has 4 rings (SSSR count). The first-order valence-corrected chi connectivity index (χ1v) is 9.89. The molecule has 0 aliphatic carbocycles. The van der Waals surface area contributed by atoms with Gasteiger partial charge >= 0.3 is 0 Å². The summed E-state index contributed by atoms with van der Waals surface area (Å²) in [7, 11) is 3.34. The van der Waals surface area contributed by atoms with Crippen molar-refractivity contribution < 1.29 is 18.8 Å². The molecule has 1 saturated heterocycles. The zero-order valence-electron chi connectivity index (χ0n) is 17.1. The minimum Gasteiger partial charge on any atom is -0.497 e. The van der Waals surface area contributed by atoms with Gasteiger partial charge < -0.3 is 23.7 Å². The molecule has 3 aromatic rings. The van der Waals surface area contributed by atoms with E-state index in [2.05, 4.69) is 34.2 Å². The van der Waals surface area contributed by atoms with Gasteiger partial charge in [0.25, 0.3) is 5.89 Å². The average Bonchev–Trinajstić information content (AvgIpc) is 3.29. The van der Waals surface area contributed by atoms with Crippen molar-refractivity contribution in [1.29, 1.82) is 0 Å². The molecule has 1 N–H and O–H groups in total. The quantitative estimate of drug-likeness (QED) is 0.691. The van der Waals surface area contributed by atoms with Crippen LogP contribution in [0.4, 0.5) is 5.69 Å². The Hall–Kier alpha value is -3.06. The van der Waals surface area contributed by atoms with E-state index >= 15 is 0 Å². The number of piperazine rings is 1. The van der Waals surface area contributed by atoms with Gasteiger partial charge in [0.1, 0.15) is 11.5 Å². The molecule has 1 aliphatic heterocycles. The molecular weight excluding hydrogens is 368 g/mol.